The molecule has 7 nitrogen and oxygen atoms in total. The normalized spacial score (nSPS) is 12.5. The number of benzene rings is 2. The van der Waals surface area contributed by atoms with Gasteiger partial charge in [-0.1, -0.05) is 50.9 Å². The zero-order valence-electron chi connectivity index (χ0n) is 19.9. The molecule has 1 heterocycles. The van der Waals surface area contributed by atoms with Crippen LogP contribution in [0.15, 0.2) is 47.4 Å². The van der Waals surface area contributed by atoms with Crippen molar-refractivity contribution in [3.63, 3.8) is 0 Å². The van der Waals surface area contributed by atoms with Crippen molar-refractivity contribution in [3.05, 3.63) is 59.4 Å². The maximum Gasteiger partial charge on any atom is 0.337 e. The molecule has 2 aromatic carbocycles. The first-order valence-corrected chi connectivity index (χ1v) is 13.1. The second-order valence-electron chi connectivity index (χ2n) is 7.79. The minimum absolute atomic E-state index is 0.217. The molecule has 3 rings (SSSR count). The van der Waals surface area contributed by atoms with Gasteiger partial charge >= 0.3 is 5.97 Å². The van der Waals surface area contributed by atoms with E-state index in [0.29, 0.717) is 41.6 Å². The molecule has 0 aliphatic carbocycles. The monoisotopic (exact) mass is 503 g/mol. The van der Waals surface area contributed by atoms with Crippen molar-refractivity contribution >= 4 is 49.7 Å². The van der Waals surface area contributed by atoms with Gasteiger partial charge in [0, 0.05) is 19.6 Å². The Labute approximate surface area is 206 Å². The quantitative estimate of drug-likeness (QED) is 0.346. The van der Waals surface area contributed by atoms with Crippen molar-refractivity contribution < 1.29 is 17.9 Å². The van der Waals surface area contributed by atoms with Crippen LogP contribution in [-0.4, -0.2) is 48.4 Å². The summed E-state index contributed by atoms with van der Waals surface area (Å²) in [6, 6.07) is 12.0. The van der Waals surface area contributed by atoms with E-state index in [-0.39, 0.29) is 4.90 Å². The van der Waals surface area contributed by atoms with Crippen molar-refractivity contribution in [2.75, 3.05) is 20.2 Å². The first kappa shape index (κ1) is 25.9. The number of unbranched alkanes of at least 4 members (excludes halogenated alkanes) is 1. The summed E-state index contributed by atoms with van der Waals surface area (Å²) >= 11 is 6.71. The van der Waals surface area contributed by atoms with Crippen molar-refractivity contribution in [2.45, 2.75) is 45.1 Å². The number of esters is 1. The number of fused-ring (bicyclic) bond motifs is 1. The van der Waals surface area contributed by atoms with Gasteiger partial charge in [-0.25, -0.2) is 18.2 Å². The highest BCUT2D eigenvalue weighted by Gasteiger charge is 2.23. The number of aryl methyl sites for hydroxylation is 1. The van der Waals surface area contributed by atoms with Gasteiger partial charge in [-0.05, 0) is 48.4 Å². The number of carbonyl (C=O) groups is 1. The molecular formula is C25H30ClN3O4S. The second-order valence-corrected chi connectivity index (χ2v) is 10.1. The topological polar surface area (TPSA) is 81.5 Å². The van der Waals surface area contributed by atoms with Crippen molar-refractivity contribution in [2.24, 2.45) is 0 Å². The highest BCUT2D eigenvalue weighted by atomic mass is 35.5. The van der Waals surface area contributed by atoms with Gasteiger partial charge in [0.1, 0.15) is 0 Å². The Bertz CT molecular complexity index is 1290. The molecular weight excluding hydrogens is 474 g/mol. The fraction of sp³-hybridized carbons (Fsp3) is 0.360. The third kappa shape index (κ3) is 5.35. The Kier molecular flexibility index (Phi) is 8.52. The summed E-state index contributed by atoms with van der Waals surface area (Å²) in [5.74, 6) is 0.165. The molecule has 0 saturated heterocycles. The third-order valence-electron chi connectivity index (χ3n) is 5.64. The van der Waals surface area contributed by atoms with Crippen LogP contribution in [0.5, 0.6) is 0 Å². The van der Waals surface area contributed by atoms with Crippen molar-refractivity contribution in [1.82, 2.24) is 13.9 Å². The average molecular weight is 504 g/mol. The van der Waals surface area contributed by atoms with E-state index >= 15 is 0 Å². The Balaban J connectivity index is 2.06. The zero-order valence-corrected chi connectivity index (χ0v) is 21.5. The minimum atomic E-state index is -3.60. The summed E-state index contributed by atoms with van der Waals surface area (Å²) in [6.45, 7) is 7.25. The molecule has 1 aromatic heterocycles. The number of imidazole rings is 1. The van der Waals surface area contributed by atoms with Crippen LogP contribution in [0.4, 0.5) is 0 Å². The zero-order chi connectivity index (χ0) is 24.9. The van der Waals surface area contributed by atoms with Crippen LogP contribution in [0, 0.1) is 0 Å². The van der Waals surface area contributed by atoms with Crippen molar-refractivity contribution in [1.29, 1.82) is 0 Å². The van der Waals surface area contributed by atoms with Crippen LogP contribution in [0.2, 0.25) is 0 Å². The predicted octanol–water partition coefficient (Wildman–Crippen LogP) is 5.39. The fourth-order valence-corrected chi connectivity index (χ4v) is 5.50. The van der Waals surface area contributed by atoms with Gasteiger partial charge in [0.05, 0.1) is 33.6 Å². The summed E-state index contributed by atoms with van der Waals surface area (Å²) in [6.07, 6.45) is 3.69. The summed E-state index contributed by atoms with van der Waals surface area (Å²) in [7, 11) is -2.26. The Morgan fingerprint density at radius 3 is 2.38 bits per heavy atom. The Morgan fingerprint density at radius 1 is 1.12 bits per heavy atom. The molecule has 34 heavy (non-hydrogen) atoms. The predicted molar refractivity (Wildman–Crippen MR) is 136 cm³/mol. The number of halogens is 1. The van der Waals surface area contributed by atoms with Crippen LogP contribution < -0.4 is 0 Å². The number of methoxy groups -OCH3 is 1. The molecule has 0 fully saturated rings. The summed E-state index contributed by atoms with van der Waals surface area (Å²) in [4.78, 5) is 16.6. The minimum Gasteiger partial charge on any atom is -0.465 e. The number of ether oxygens (including phenoxy) is 1. The molecule has 0 unspecified atom stereocenters. The average Bonchev–Trinajstić information content (AvgIpc) is 3.21. The van der Waals surface area contributed by atoms with Gasteiger partial charge in [-0.15, -0.1) is 0 Å². The number of hydrogen-bond donors (Lipinski definition) is 0. The molecule has 182 valence electrons. The van der Waals surface area contributed by atoms with Gasteiger partial charge < -0.3 is 9.30 Å². The number of rotatable bonds is 10. The van der Waals surface area contributed by atoms with Crippen LogP contribution in [-0.2, 0) is 21.3 Å². The van der Waals surface area contributed by atoms with Gasteiger partial charge in [-0.2, -0.15) is 4.31 Å². The molecule has 0 aliphatic heterocycles. The standard InChI is InChI=1S/C25H30ClN3O4S/c1-5-8-15-29-23-14-13-20(34(31,32)28(6-2)7-3)17-22(23)27-24(29)21(26)16-18-9-11-19(12-10-18)25(30)33-4/h9-14,16-17H,5-8,15H2,1-4H3. The first-order chi connectivity index (χ1) is 16.3. The van der Waals surface area contributed by atoms with E-state index in [1.165, 1.54) is 11.4 Å². The molecule has 0 atom stereocenters. The highest BCUT2D eigenvalue weighted by Crippen LogP contribution is 2.29. The highest BCUT2D eigenvalue weighted by molar-refractivity contribution is 7.89. The van der Waals surface area contributed by atoms with Gasteiger partial charge in [-0.3, -0.25) is 0 Å². The molecule has 0 radical (unpaired) electrons. The maximum absolute atomic E-state index is 13.0. The molecule has 3 aromatic rings. The Morgan fingerprint density at radius 2 is 1.79 bits per heavy atom. The molecule has 0 N–H and O–H groups in total. The molecule has 0 bridgehead atoms. The molecule has 0 spiro atoms. The van der Waals surface area contributed by atoms with Crippen LogP contribution >= 0.6 is 11.6 Å². The van der Waals surface area contributed by atoms with E-state index in [1.807, 2.05) is 18.4 Å². The second kappa shape index (κ2) is 11.2. The number of sulfonamides is 1. The number of nitrogens with zero attached hydrogens (tertiary/aromatic N) is 3. The lowest BCUT2D eigenvalue weighted by molar-refractivity contribution is 0.0600. The summed E-state index contributed by atoms with van der Waals surface area (Å²) < 4.78 is 34.2. The van der Waals surface area contributed by atoms with Gasteiger partial charge in [0.25, 0.3) is 0 Å². The van der Waals surface area contributed by atoms with Crippen LogP contribution in [0.25, 0.3) is 22.1 Å². The van der Waals surface area contributed by atoms with Gasteiger partial charge in [0.15, 0.2) is 5.82 Å². The smallest absolute Gasteiger partial charge is 0.337 e. The Hall–Kier alpha value is -2.68. The van der Waals surface area contributed by atoms with Crippen LogP contribution in [0.3, 0.4) is 0 Å². The van der Waals surface area contributed by atoms with E-state index in [1.54, 1.807) is 48.5 Å². The van der Waals surface area contributed by atoms with E-state index in [9.17, 15) is 13.2 Å². The van der Waals surface area contributed by atoms with Crippen LogP contribution in [0.1, 0.15) is 55.4 Å². The van der Waals surface area contributed by atoms with Crippen molar-refractivity contribution in [3.8, 4) is 0 Å². The third-order valence-corrected chi connectivity index (χ3v) is 7.96. The SMILES string of the molecule is CCCCn1c(C(Cl)=Cc2ccc(C(=O)OC)cc2)nc2cc(S(=O)(=O)N(CC)CC)ccc21. The number of aromatic nitrogens is 2. The maximum atomic E-state index is 13.0. The molecule has 0 amide bonds. The largest absolute Gasteiger partial charge is 0.465 e. The number of hydrogen-bond acceptors (Lipinski definition) is 5. The first-order valence-electron chi connectivity index (χ1n) is 11.3. The van der Waals surface area contributed by atoms with Gasteiger partial charge in [0.2, 0.25) is 10.0 Å². The fourth-order valence-electron chi connectivity index (χ4n) is 3.75. The van der Waals surface area contributed by atoms with E-state index < -0.39 is 16.0 Å². The summed E-state index contributed by atoms with van der Waals surface area (Å²) in [5.41, 5.74) is 2.66. The molecule has 0 aliphatic rings. The number of carbonyl (C=O) groups excluding carboxylic acids is 1. The van der Waals surface area contributed by atoms with E-state index in [4.69, 9.17) is 21.3 Å². The lowest BCUT2D eigenvalue weighted by Gasteiger charge is -2.18. The lowest BCUT2D eigenvalue weighted by Crippen LogP contribution is -2.30. The van der Waals surface area contributed by atoms with E-state index in [2.05, 4.69) is 6.92 Å². The molecule has 0 saturated carbocycles. The molecule has 9 heteroatoms. The lowest BCUT2D eigenvalue weighted by atomic mass is 10.1. The summed E-state index contributed by atoms with van der Waals surface area (Å²) in [5, 5.41) is 0.422. The van der Waals surface area contributed by atoms with E-state index in [0.717, 1.165) is 23.9 Å².